The minimum atomic E-state index is 0.516. The number of ether oxygens (including phenoxy) is 1. The predicted octanol–water partition coefficient (Wildman–Crippen LogP) is 2.72. The van der Waals surface area contributed by atoms with Crippen molar-refractivity contribution in [2.45, 2.75) is 19.3 Å². The molecule has 0 atom stereocenters. The quantitative estimate of drug-likeness (QED) is 0.783. The first-order valence-corrected chi connectivity index (χ1v) is 8.35. The van der Waals surface area contributed by atoms with Gasteiger partial charge in [0.15, 0.2) is 0 Å². The van der Waals surface area contributed by atoms with Gasteiger partial charge in [-0.1, -0.05) is 0 Å². The van der Waals surface area contributed by atoms with Gasteiger partial charge in [-0.05, 0) is 47.9 Å². The summed E-state index contributed by atoms with van der Waals surface area (Å²) < 4.78 is 5.95. The summed E-state index contributed by atoms with van der Waals surface area (Å²) in [6.45, 7) is 1.97. The standard InChI is InChI=1S/C15H18IN5O/c1-22-11-6-5-10(9-18-11)13-12(16)14(17)20-15(19-13)21-7-3-2-4-8-21/h5-6,9H,2-4,7-8H2,1H3,(H2,17,19,20). The van der Waals surface area contributed by atoms with Crippen LogP contribution in [0.1, 0.15) is 19.3 Å². The molecule has 1 aliphatic heterocycles. The lowest BCUT2D eigenvalue weighted by atomic mass is 10.1. The number of pyridine rings is 1. The molecule has 0 spiro atoms. The summed E-state index contributed by atoms with van der Waals surface area (Å²) >= 11 is 2.19. The van der Waals surface area contributed by atoms with Crippen molar-refractivity contribution in [2.75, 3.05) is 30.8 Å². The van der Waals surface area contributed by atoms with Crippen molar-refractivity contribution in [1.29, 1.82) is 0 Å². The van der Waals surface area contributed by atoms with E-state index >= 15 is 0 Å². The molecular formula is C15H18IN5O. The zero-order valence-corrected chi connectivity index (χ0v) is 14.6. The molecule has 2 aromatic rings. The Morgan fingerprint density at radius 2 is 1.95 bits per heavy atom. The van der Waals surface area contributed by atoms with Gasteiger partial charge in [0.1, 0.15) is 5.82 Å². The average molecular weight is 411 g/mol. The first-order chi connectivity index (χ1) is 10.7. The summed E-state index contributed by atoms with van der Waals surface area (Å²) in [7, 11) is 1.60. The molecule has 0 aromatic carbocycles. The van der Waals surface area contributed by atoms with E-state index in [1.54, 1.807) is 13.3 Å². The van der Waals surface area contributed by atoms with Crippen LogP contribution in [0.3, 0.4) is 0 Å². The summed E-state index contributed by atoms with van der Waals surface area (Å²) in [5.74, 6) is 1.81. The highest BCUT2D eigenvalue weighted by Crippen LogP contribution is 2.29. The van der Waals surface area contributed by atoms with Crippen molar-refractivity contribution in [3.63, 3.8) is 0 Å². The summed E-state index contributed by atoms with van der Waals surface area (Å²) in [6.07, 6.45) is 5.37. The molecule has 116 valence electrons. The Morgan fingerprint density at radius 3 is 2.59 bits per heavy atom. The van der Waals surface area contributed by atoms with E-state index in [2.05, 4.69) is 37.5 Å². The van der Waals surface area contributed by atoms with Gasteiger partial charge in [-0.3, -0.25) is 0 Å². The minimum absolute atomic E-state index is 0.516. The van der Waals surface area contributed by atoms with Crippen LogP contribution in [0.5, 0.6) is 5.88 Å². The molecule has 0 aliphatic carbocycles. The Balaban J connectivity index is 1.99. The molecule has 6 nitrogen and oxygen atoms in total. The number of nitrogens with two attached hydrogens (primary N) is 1. The van der Waals surface area contributed by atoms with Crippen LogP contribution in [0.4, 0.5) is 11.8 Å². The molecule has 7 heteroatoms. The number of aromatic nitrogens is 3. The van der Waals surface area contributed by atoms with Crippen LogP contribution in [0.2, 0.25) is 0 Å². The van der Waals surface area contributed by atoms with E-state index in [4.69, 9.17) is 15.5 Å². The van der Waals surface area contributed by atoms with E-state index in [9.17, 15) is 0 Å². The fraction of sp³-hybridized carbons (Fsp3) is 0.400. The van der Waals surface area contributed by atoms with Crippen LogP contribution < -0.4 is 15.4 Å². The molecule has 0 radical (unpaired) electrons. The Labute approximate surface area is 143 Å². The van der Waals surface area contributed by atoms with E-state index in [0.29, 0.717) is 17.6 Å². The minimum Gasteiger partial charge on any atom is -0.481 e. The van der Waals surface area contributed by atoms with Crippen molar-refractivity contribution in [1.82, 2.24) is 15.0 Å². The van der Waals surface area contributed by atoms with Gasteiger partial charge in [-0.15, -0.1) is 0 Å². The maximum atomic E-state index is 6.09. The molecule has 2 N–H and O–H groups in total. The highest BCUT2D eigenvalue weighted by molar-refractivity contribution is 14.1. The SMILES string of the molecule is COc1ccc(-c2nc(N3CCCCC3)nc(N)c2I)cn1. The Hall–Kier alpha value is -1.64. The smallest absolute Gasteiger partial charge is 0.227 e. The molecule has 3 heterocycles. The number of hydrogen-bond acceptors (Lipinski definition) is 6. The zero-order valence-electron chi connectivity index (χ0n) is 12.4. The van der Waals surface area contributed by atoms with Gasteiger partial charge in [0, 0.05) is 30.9 Å². The fourth-order valence-corrected chi connectivity index (χ4v) is 3.07. The van der Waals surface area contributed by atoms with Gasteiger partial charge in [0.25, 0.3) is 0 Å². The Bertz CT molecular complexity index is 656. The first-order valence-electron chi connectivity index (χ1n) is 7.27. The van der Waals surface area contributed by atoms with Crippen molar-refractivity contribution in [3.8, 4) is 17.1 Å². The molecule has 1 aliphatic rings. The Kier molecular flexibility index (Phi) is 4.60. The third-order valence-corrected chi connectivity index (χ3v) is 4.79. The van der Waals surface area contributed by atoms with Gasteiger partial charge in [-0.25, -0.2) is 9.97 Å². The second-order valence-electron chi connectivity index (χ2n) is 5.21. The lowest BCUT2D eigenvalue weighted by Gasteiger charge is -2.27. The largest absolute Gasteiger partial charge is 0.481 e. The monoisotopic (exact) mass is 411 g/mol. The number of halogens is 1. The molecule has 22 heavy (non-hydrogen) atoms. The maximum Gasteiger partial charge on any atom is 0.227 e. The average Bonchev–Trinajstić information content (AvgIpc) is 2.58. The van der Waals surface area contributed by atoms with E-state index in [-0.39, 0.29) is 0 Å². The third kappa shape index (κ3) is 3.08. The van der Waals surface area contributed by atoms with Gasteiger partial charge in [0.2, 0.25) is 11.8 Å². The molecular weight excluding hydrogens is 393 g/mol. The number of anilines is 2. The van der Waals surface area contributed by atoms with Gasteiger partial charge >= 0.3 is 0 Å². The van der Waals surface area contributed by atoms with Crippen LogP contribution >= 0.6 is 22.6 Å². The number of rotatable bonds is 3. The molecule has 0 amide bonds. The molecule has 0 unspecified atom stereocenters. The molecule has 3 rings (SSSR count). The van der Waals surface area contributed by atoms with Crippen molar-refractivity contribution in [3.05, 3.63) is 21.9 Å². The highest BCUT2D eigenvalue weighted by Gasteiger charge is 2.18. The van der Waals surface area contributed by atoms with E-state index in [0.717, 1.165) is 27.9 Å². The van der Waals surface area contributed by atoms with Crippen LogP contribution in [-0.2, 0) is 0 Å². The molecule has 0 saturated carbocycles. The number of hydrogen-bond donors (Lipinski definition) is 1. The summed E-state index contributed by atoms with van der Waals surface area (Å²) in [5, 5.41) is 0. The van der Waals surface area contributed by atoms with Crippen molar-refractivity contribution < 1.29 is 4.74 Å². The summed E-state index contributed by atoms with van der Waals surface area (Å²) in [5.41, 5.74) is 7.83. The predicted molar refractivity (Wildman–Crippen MR) is 95.0 cm³/mol. The van der Waals surface area contributed by atoms with E-state index < -0.39 is 0 Å². The Morgan fingerprint density at radius 1 is 1.18 bits per heavy atom. The number of methoxy groups -OCH3 is 1. The zero-order chi connectivity index (χ0) is 15.5. The normalized spacial score (nSPS) is 14.9. The summed E-state index contributed by atoms with van der Waals surface area (Å²) in [6, 6.07) is 3.76. The molecule has 0 bridgehead atoms. The van der Waals surface area contributed by atoms with Crippen LogP contribution in [0, 0.1) is 3.57 Å². The lowest BCUT2D eigenvalue weighted by molar-refractivity contribution is 0.398. The van der Waals surface area contributed by atoms with Gasteiger partial charge in [0.05, 0.1) is 16.4 Å². The second-order valence-corrected chi connectivity index (χ2v) is 6.29. The van der Waals surface area contributed by atoms with Crippen LogP contribution in [0.15, 0.2) is 18.3 Å². The summed E-state index contributed by atoms with van der Waals surface area (Å²) in [4.78, 5) is 15.6. The maximum absolute atomic E-state index is 6.09. The second kappa shape index (κ2) is 6.64. The number of nitrogen functional groups attached to an aromatic ring is 1. The van der Waals surface area contributed by atoms with Gasteiger partial charge < -0.3 is 15.4 Å². The molecule has 1 saturated heterocycles. The van der Waals surface area contributed by atoms with E-state index in [1.807, 2.05) is 12.1 Å². The highest BCUT2D eigenvalue weighted by atomic mass is 127. The fourth-order valence-electron chi connectivity index (χ4n) is 2.52. The van der Waals surface area contributed by atoms with Crippen LogP contribution in [0.25, 0.3) is 11.3 Å². The van der Waals surface area contributed by atoms with E-state index in [1.165, 1.54) is 19.3 Å². The third-order valence-electron chi connectivity index (χ3n) is 3.72. The van der Waals surface area contributed by atoms with Crippen molar-refractivity contribution in [2.24, 2.45) is 0 Å². The van der Waals surface area contributed by atoms with Gasteiger partial charge in [-0.2, -0.15) is 4.98 Å². The molecule has 1 fully saturated rings. The van der Waals surface area contributed by atoms with Crippen LogP contribution in [-0.4, -0.2) is 35.2 Å². The number of piperidine rings is 1. The van der Waals surface area contributed by atoms with Crippen molar-refractivity contribution >= 4 is 34.4 Å². The number of nitrogens with zero attached hydrogens (tertiary/aromatic N) is 4. The lowest BCUT2D eigenvalue weighted by Crippen LogP contribution is -2.31. The topological polar surface area (TPSA) is 77.2 Å². The molecule has 2 aromatic heterocycles. The first kappa shape index (κ1) is 15.3.